The lowest BCUT2D eigenvalue weighted by molar-refractivity contribution is -0.137. The Morgan fingerprint density at radius 2 is 1.97 bits per heavy atom. The highest BCUT2D eigenvalue weighted by Crippen LogP contribution is 2.29. The molecule has 32 heavy (non-hydrogen) atoms. The minimum atomic E-state index is -4.48. The highest BCUT2D eigenvalue weighted by atomic mass is 19.4. The average Bonchev–Trinajstić information content (AvgIpc) is 3.26. The number of nitrogens with one attached hydrogen (secondary N) is 1. The van der Waals surface area contributed by atoms with Gasteiger partial charge in [0.1, 0.15) is 0 Å². The SMILES string of the molecule is O=C(NC[C@H]1CCCN(Cc2nc(-c3ccccc3)no2)C1)c1cccc(C(F)(F)F)c1. The van der Waals surface area contributed by atoms with Crippen LogP contribution in [-0.4, -0.2) is 40.6 Å². The smallest absolute Gasteiger partial charge is 0.352 e. The van der Waals surface area contributed by atoms with Gasteiger partial charge in [0.2, 0.25) is 11.7 Å². The van der Waals surface area contributed by atoms with E-state index in [0.29, 0.717) is 24.8 Å². The number of rotatable bonds is 6. The zero-order valence-electron chi connectivity index (χ0n) is 17.3. The Morgan fingerprint density at radius 3 is 2.75 bits per heavy atom. The molecule has 0 bridgehead atoms. The van der Waals surface area contributed by atoms with Gasteiger partial charge in [0.25, 0.3) is 5.91 Å². The van der Waals surface area contributed by atoms with E-state index in [0.717, 1.165) is 43.6 Å². The monoisotopic (exact) mass is 444 g/mol. The topological polar surface area (TPSA) is 71.3 Å². The molecule has 4 rings (SSSR count). The number of nitrogens with zero attached hydrogens (tertiary/aromatic N) is 3. The molecule has 2 aromatic carbocycles. The first-order chi connectivity index (χ1) is 15.4. The van der Waals surface area contributed by atoms with Crippen molar-refractivity contribution in [1.82, 2.24) is 20.4 Å². The molecule has 2 heterocycles. The van der Waals surface area contributed by atoms with Crippen molar-refractivity contribution in [2.75, 3.05) is 19.6 Å². The van der Waals surface area contributed by atoms with Gasteiger partial charge in [-0.1, -0.05) is 41.6 Å². The molecule has 0 radical (unpaired) electrons. The summed E-state index contributed by atoms with van der Waals surface area (Å²) in [6.07, 6.45) is -2.60. The van der Waals surface area contributed by atoms with Gasteiger partial charge in [0.15, 0.2) is 0 Å². The van der Waals surface area contributed by atoms with E-state index in [1.54, 1.807) is 0 Å². The predicted molar refractivity (Wildman–Crippen MR) is 112 cm³/mol. The summed E-state index contributed by atoms with van der Waals surface area (Å²) in [6.45, 7) is 2.51. The first-order valence-corrected chi connectivity index (χ1v) is 10.4. The summed E-state index contributed by atoms with van der Waals surface area (Å²) < 4.78 is 44.0. The summed E-state index contributed by atoms with van der Waals surface area (Å²) in [7, 11) is 0. The molecule has 0 aliphatic carbocycles. The molecule has 0 unspecified atom stereocenters. The van der Waals surface area contributed by atoms with Crippen molar-refractivity contribution in [3.63, 3.8) is 0 Å². The van der Waals surface area contributed by atoms with Gasteiger partial charge in [0, 0.05) is 24.2 Å². The lowest BCUT2D eigenvalue weighted by atomic mass is 9.98. The molecule has 3 aromatic rings. The summed E-state index contributed by atoms with van der Waals surface area (Å²) in [6, 6.07) is 14.0. The zero-order chi connectivity index (χ0) is 22.6. The molecule has 1 amide bonds. The molecule has 9 heteroatoms. The van der Waals surface area contributed by atoms with Crippen molar-refractivity contribution < 1.29 is 22.5 Å². The number of likely N-dealkylation sites (tertiary alicyclic amines) is 1. The Bertz CT molecular complexity index is 1050. The van der Waals surface area contributed by atoms with Crippen LogP contribution in [0.4, 0.5) is 13.2 Å². The van der Waals surface area contributed by atoms with Crippen LogP contribution in [0.1, 0.15) is 34.7 Å². The van der Waals surface area contributed by atoms with Crippen molar-refractivity contribution in [2.24, 2.45) is 5.92 Å². The third-order valence-corrected chi connectivity index (χ3v) is 5.47. The normalized spacial score (nSPS) is 17.3. The maximum absolute atomic E-state index is 12.9. The van der Waals surface area contributed by atoms with Crippen molar-refractivity contribution in [2.45, 2.75) is 25.6 Å². The molecule has 0 spiro atoms. The third kappa shape index (κ3) is 5.53. The molecule has 1 N–H and O–H groups in total. The molecular formula is C23H23F3N4O2. The number of carbonyl (C=O) groups excluding carboxylic acids is 1. The number of halogens is 3. The van der Waals surface area contributed by atoms with Gasteiger partial charge in [-0.25, -0.2) is 0 Å². The second-order valence-electron chi connectivity index (χ2n) is 7.91. The molecule has 1 fully saturated rings. The summed E-state index contributed by atoms with van der Waals surface area (Å²) in [5, 5.41) is 6.81. The zero-order valence-corrected chi connectivity index (χ0v) is 17.3. The van der Waals surface area contributed by atoms with Gasteiger partial charge in [0.05, 0.1) is 12.1 Å². The van der Waals surface area contributed by atoms with Gasteiger partial charge < -0.3 is 9.84 Å². The van der Waals surface area contributed by atoms with Gasteiger partial charge >= 0.3 is 6.18 Å². The van der Waals surface area contributed by atoms with Crippen LogP contribution >= 0.6 is 0 Å². The van der Waals surface area contributed by atoms with Gasteiger partial charge in [-0.15, -0.1) is 0 Å². The largest absolute Gasteiger partial charge is 0.416 e. The second kappa shape index (κ2) is 9.52. The molecule has 168 valence electrons. The fourth-order valence-electron chi connectivity index (χ4n) is 3.85. The highest BCUT2D eigenvalue weighted by molar-refractivity contribution is 5.94. The number of amides is 1. The van der Waals surface area contributed by atoms with E-state index >= 15 is 0 Å². The molecule has 1 aromatic heterocycles. The summed E-state index contributed by atoms with van der Waals surface area (Å²) >= 11 is 0. The summed E-state index contributed by atoms with van der Waals surface area (Å²) in [4.78, 5) is 19.0. The lowest BCUT2D eigenvalue weighted by Gasteiger charge is -2.31. The number of benzene rings is 2. The standard InChI is InChI=1S/C23H23F3N4O2/c24-23(25,26)19-10-4-9-18(12-19)22(31)27-13-16-6-5-11-30(14-16)15-20-28-21(29-32-20)17-7-2-1-3-8-17/h1-4,7-10,12,16H,5-6,11,13-15H2,(H,27,31)/t16-/m1/s1. The first-order valence-electron chi connectivity index (χ1n) is 10.4. The van der Waals surface area contributed by atoms with Crippen LogP contribution in [0.2, 0.25) is 0 Å². The predicted octanol–water partition coefficient (Wildman–Crippen LogP) is 4.40. The van der Waals surface area contributed by atoms with Crippen molar-refractivity contribution in [1.29, 1.82) is 0 Å². The van der Waals surface area contributed by atoms with E-state index in [1.165, 1.54) is 12.1 Å². The fourth-order valence-corrected chi connectivity index (χ4v) is 3.85. The van der Waals surface area contributed by atoms with Gasteiger partial charge in [-0.3, -0.25) is 9.69 Å². The summed E-state index contributed by atoms with van der Waals surface area (Å²) in [5.41, 5.74) is 0.0616. The van der Waals surface area contributed by atoms with E-state index in [9.17, 15) is 18.0 Å². The maximum atomic E-state index is 12.9. The number of aromatic nitrogens is 2. The minimum Gasteiger partial charge on any atom is -0.352 e. The Kier molecular flexibility index (Phi) is 6.55. The van der Waals surface area contributed by atoms with E-state index in [-0.39, 0.29) is 11.5 Å². The lowest BCUT2D eigenvalue weighted by Crippen LogP contribution is -2.40. The molecule has 1 aliphatic heterocycles. The first kappa shape index (κ1) is 22.0. The maximum Gasteiger partial charge on any atom is 0.416 e. The van der Waals surface area contributed by atoms with Crippen LogP contribution < -0.4 is 5.32 Å². The van der Waals surface area contributed by atoms with Crippen LogP contribution in [0.25, 0.3) is 11.4 Å². The molecular weight excluding hydrogens is 421 g/mol. The van der Waals surface area contributed by atoms with Gasteiger partial charge in [-0.05, 0) is 43.5 Å². The third-order valence-electron chi connectivity index (χ3n) is 5.47. The number of alkyl halides is 3. The van der Waals surface area contributed by atoms with Crippen molar-refractivity contribution >= 4 is 5.91 Å². The molecule has 6 nitrogen and oxygen atoms in total. The Hall–Kier alpha value is -3.20. The van der Waals surface area contributed by atoms with Crippen LogP contribution in [-0.2, 0) is 12.7 Å². The summed E-state index contributed by atoms with van der Waals surface area (Å²) in [5.74, 6) is 0.757. The van der Waals surface area contributed by atoms with E-state index in [1.807, 2.05) is 30.3 Å². The Balaban J connectivity index is 1.30. The fraction of sp³-hybridized carbons (Fsp3) is 0.348. The van der Waals surface area contributed by atoms with Crippen LogP contribution in [0.5, 0.6) is 0 Å². The number of piperidine rings is 1. The van der Waals surface area contributed by atoms with Crippen LogP contribution in [0.3, 0.4) is 0 Å². The highest BCUT2D eigenvalue weighted by Gasteiger charge is 2.31. The van der Waals surface area contributed by atoms with Crippen LogP contribution in [0.15, 0.2) is 59.1 Å². The van der Waals surface area contributed by atoms with Crippen LogP contribution in [0, 0.1) is 5.92 Å². The van der Waals surface area contributed by atoms with Crippen molar-refractivity contribution in [3.8, 4) is 11.4 Å². The number of hydrogen-bond donors (Lipinski definition) is 1. The molecule has 0 saturated carbocycles. The second-order valence-corrected chi connectivity index (χ2v) is 7.91. The van der Waals surface area contributed by atoms with Gasteiger partial charge in [-0.2, -0.15) is 18.2 Å². The average molecular weight is 444 g/mol. The van der Waals surface area contributed by atoms with E-state index < -0.39 is 17.6 Å². The number of carbonyl (C=O) groups is 1. The molecule has 1 saturated heterocycles. The quantitative estimate of drug-likeness (QED) is 0.610. The Morgan fingerprint density at radius 1 is 1.16 bits per heavy atom. The molecule has 1 atom stereocenters. The minimum absolute atomic E-state index is 0.00629. The number of hydrogen-bond acceptors (Lipinski definition) is 5. The van der Waals surface area contributed by atoms with E-state index in [4.69, 9.17) is 4.52 Å². The van der Waals surface area contributed by atoms with Crippen molar-refractivity contribution in [3.05, 3.63) is 71.6 Å². The van der Waals surface area contributed by atoms with E-state index in [2.05, 4.69) is 20.4 Å². The Labute approximate surface area is 183 Å². The molecule has 1 aliphatic rings.